The summed E-state index contributed by atoms with van der Waals surface area (Å²) in [5.74, 6) is -0.0661. The first-order valence-corrected chi connectivity index (χ1v) is 4.99. The van der Waals surface area contributed by atoms with Crippen LogP contribution >= 0.6 is 0 Å². The summed E-state index contributed by atoms with van der Waals surface area (Å²) in [6.07, 6.45) is 0.846. The molecule has 0 aliphatic heterocycles. The minimum Gasteiger partial charge on any atom is -0.339 e. The number of hydrogen-bond acceptors (Lipinski definition) is 3. The van der Waals surface area contributed by atoms with E-state index in [4.69, 9.17) is 5.73 Å². The first-order chi connectivity index (χ1) is 7.27. The van der Waals surface area contributed by atoms with E-state index in [-0.39, 0.29) is 5.91 Å². The molecule has 4 nitrogen and oxygen atoms in total. The van der Waals surface area contributed by atoms with Gasteiger partial charge in [-0.3, -0.25) is 4.79 Å². The molecule has 4 N–H and O–H groups in total. The highest BCUT2D eigenvalue weighted by atomic mass is 16.1. The standard InChI is InChI=1S/C11H17N3O/c1-13-8-14-11(15)10-4-2-9(3-5-10)6-7-12/h2-5,13H,6-8,12H2,1H3,(H,14,15). The van der Waals surface area contributed by atoms with Gasteiger partial charge in [0.25, 0.3) is 5.91 Å². The van der Waals surface area contributed by atoms with Crippen molar-refractivity contribution in [3.63, 3.8) is 0 Å². The summed E-state index contributed by atoms with van der Waals surface area (Å²) in [5.41, 5.74) is 7.26. The maximum Gasteiger partial charge on any atom is 0.252 e. The van der Waals surface area contributed by atoms with Gasteiger partial charge < -0.3 is 16.4 Å². The van der Waals surface area contributed by atoms with E-state index < -0.39 is 0 Å². The molecule has 15 heavy (non-hydrogen) atoms. The lowest BCUT2D eigenvalue weighted by molar-refractivity contribution is 0.0951. The number of benzene rings is 1. The summed E-state index contributed by atoms with van der Waals surface area (Å²) in [7, 11) is 1.78. The Balaban J connectivity index is 2.58. The lowest BCUT2D eigenvalue weighted by Gasteiger charge is -2.05. The molecule has 0 fully saturated rings. The Morgan fingerprint density at radius 2 is 2.00 bits per heavy atom. The van der Waals surface area contributed by atoms with E-state index in [0.29, 0.717) is 18.8 Å². The molecule has 1 amide bonds. The molecule has 0 radical (unpaired) electrons. The summed E-state index contributed by atoms with van der Waals surface area (Å²) < 4.78 is 0. The van der Waals surface area contributed by atoms with Gasteiger partial charge in [-0.15, -0.1) is 0 Å². The van der Waals surface area contributed by atoms with Crippen molar-refractivity contribution < 1.29 is 4.79 Å². The third-order valence-corrected chi connectivity index (χ3v) is 2.07. The van der Waals surface area contributed by atoms with Gasteiger partial charge in [-0.05, 0) is 37.7 Å². The van der Waals surface area contributed by atoms with E-state index in [9.17, 15) is 4.79 Å². The number of rotatable bonds is 5. The molecule has 82 valence electrons. The summed E-state index contributed by atoms with van der Waals surface area (Å²) in [6.45, 7) is 1.11. The Hall–Kier alpha value is -1.39. The molecule has 0 saturated heterocycles. The van der Waals surface area contributed by atoms with Gasteiger partial charge >= 0.3 is 0 Å². The lowest BCUT2D eigenvalue weighted by atomic mass is 10.1. The van der Waals surface area contributed by atoms with Crippen LogP contribution in [0.3, 0.4) is 0 Å². The minimum atomic E-state index is -0.0661. The number of amides is 1. The van der Waals surface area contributed by atoms with Gasteiger partial charge in [0.05, 0.1) is 6.67 Å². The molecule has 0 atom stereocenters. The number of hydrogen-bond donors (Lipinski definition) is 3. The van der Waals surface area contributed by atoms with E-state index in [2.05, 4.69) is 10.6 Å². The summed E-state index contributed by atoms with van der Waals surface area (Å²) in [5, 5.41) is 5.58. The fourth-order valence-electron chi connectivity index (χ4n) is 1.26. The van der Waals surface area contributed by atoms with Crippen LogP contribution in [0.15, 0.2) is 24.3 Å². The van der Waals surface area contributed by atoms with Crippen LogP contribution < -0.4 is 16.4 Å². The third-order valence-electron chi connectivity index (χ3n) is 2.07. The normalized spacial score (nSPS) is 10.0. The van der Waals surface area contributed by atoms with Gasteiger partial charge in [0.2, 0.25) is 0 Å². The Bertz CT molecular complexity index is 308. The molecule has 0 unspecified atom stereocenters. The Labute approximate surface area is 89.9 Å². The highest BCUT2D eigenvalue weighted by Crippen LogP contribution is 2.04. The smallest absolute Gasteiger partial charge is 0.252 e. The van der Waals surface area contributed by atoms with Gasteiger partial charge in [0, 0.05) is 5.56 Å². The molecule has 1 rings (SSSR count). The second-order valence-corrected chi connectivity index (χ2v) is 3.27. The first kappa shape index (κ1) is 11.7. The molecule has 0 heterocycles. The van der Waals surface area contributed by atoms with Crippen LogP contribution in [-0.4, -0.2) is 26.2 Å². The highest BCUT2D eigenvalue weighted by Gasteiger charge is 2.03. The Morgan fingerprint density at radius 1 is 1.33 bits per heavy atom. The Kier molecular flexibility index (Phi) is 4.80. The van der Waals surface area contributed by atoms with Crippen LogP contribution in [0.2, 0.25) is 0 Å². The summed E-state index contributed by atoms with van der Waals surface area (Å²) >= 11 is 0. The molecule has 0 aliphatic carbocycles. The van der Waals surface area contributed by atoms with Gasteiger partial charge in [-0.2, -0.15) is 0 Å². The van der Waals surface area contributed by atoms with Gasteiger partial charge in [0.15, 0.2) is 0 Å². The number of carbonyl (C=O) groups is 1. The first-order valence-electron chi connectivity index (χ1n) is 4.99. The Morgan fingerprint density at radius 3 is 2.53 bits per heavy atom. The van der Waals surface area contributed by atoms with Gasteiger partial charge in [0.1, 0.15) is 0 Å². The van der Waals surface area contributed by atoms with Gasteiger partial charge in [-0.1, -0.05) is 12.1 Å². The SMILES string of the molecule is CNCNC(=O)c1ccc(CCN)cc1. The van der Waals surface area contributed by atoms with Crippen molar-refractivity contribution in [2.24, 2.45) is 5.73 Å². The van der Waals surface area contributed by atoms with Gasteiger partial charge in [-0.25, -0.2) is 0 Å². The van der Waals surface area contributed by atoms with Crippen molar-refractivity contribution in [1.82, 2.24) is 10.6 Å². The second-order valence-electron chi connectivity index (χ2n) is 3.27. The summed E-state index contributed by atoms with van der Waals surface area (Å²) in [6, 6.07) is 7.49. The largest absolute Gasteiger partial charge is 0.339 e. The number of nitrogens with one attached hydrogen (secondary N) is 2. The van der Waals surface area contributed by atoms with Crippen molar-refractivity contribution in [3.8, 4) is 0 Å². The average Bonchev–Trinajstić information content (AvgIpc) is 2.27. The topological polar surface area (TPSA) is 67.1 Å². The molecule has 1 aromatic carbocycles. The van der Waals surface area contributed by atoms with Crippen LogP contribution in [-0.2, 0) is 6.42 Å². The molecule has 0 aliphatic rings. The molecule has 0 saturated carbocycles. The maximum atomic E-state index is 11.5. The molecule has 1 aromatic rings. The summed E-state index contributed by atoms with van der Waals surface area (Å²) in [4.78, 5) is 11.5. The van der Waals surface area contributed by atoms with Crippen molar-refractivity contribution in [2.75, 3.05) is 20.3 Å². The minimum absolute atomic E-state index is 0.0661. The number of nitrogens with two attached hydrogens (primary N) is 1. The van der Waals surface area contributed by atoms with E-state index in [0.717, 1.165) is 12.0 Å². The van der Waals surface area contributed by atoms with Crippen LogP contribution in [0.4, 0.5) is 0 Å². The number of carbonyl (C=O) groups excluding carboxylic acids is 1. The highest BCUT2D eigenvalue weighted by molar-refractivity contribution is 5.94. The van der Waals surface area contributed by atoms with E-state index in [1.165, 1.54) is 0 Å². The zero-order valence-corrected chi connectivity index (χ0v) is 8.92. The monoisotopic (exact) mass is 207 g/mol. The third kappa shape index (κ3) is 3.69. The van der Waals surface area contributed by atoms with Crippen molar-refractivity contribution >= 4 is 5.91 Å². The molecule has 4 heteroatoms. The zero-order chi connectivity index (χ0) is 11.1. The van der Waals surface area contributed by atoms with Crippen LogP contribution in [0.5, 0.6) is 0 Å². The molecule has 0 aromatic heterocycles. The average molecular weight is 207 g/mol. The zero-order valence-electron chi connectivity index (χ0n) is 8.92. The van der Waals surface area contributed by atoms with Crippen LogP contribution in [0.25, 0.3) is 0 Å². The molecule has 0 spiro atoms. The molecular formula is C11H17N3O. The lowest BCUT2D eigenvalue weighted by Crippen LogP contribution is -2.31. The van der Waals surface area contributed by atoms with Crippen LogP contribution in [0, 0.1) is 0 Å². The second kappa shape index (κ2) is 6.16. The van der Waals surface area contributed by atoms with E-state index in [1.54, 1.807) is 7.05 Å². The van der Waals surface area contributed by atoms with E-state index in [1.807, 2.05) is 24.3 Å². The van der Waals surface area contributed by atoms with E-state index >= 15 is 0 Å². The quantitative estimate of drug-likeness (QED) is 0.600. The maximum absolute atomic E-state index is 11.5. The molecular weight excluding hydrogens is 190 g/mol. The van der Waals surface area contributed by atoms with Crippen LogP contribution in [0.1, 0.15) is 15.9 Å². The fraction of sp³-hybridized carbons (Fsp3) is 0.364. The predicted octanol–water partition coefficient (Wildman–Crippen LogP) is 0.0945. The predicted molar refractivity (Wildman–Crippen MR) is 60.6 cm³/mol. The van der Waals surface area contributed by atoms with Crippen molar-refractivity contribution in [1.29, 1.82) is 0 Å². The molecule has 0 bridgehead atoms. The van der Waals surface area contributed by atoms with Crippen molar-refractivity contribution in [2.45, 2.75) is 6.42 Å². The van der Waals surface area contributed by atoms with Crippen molar-refractivity contribution in [3.05, 3.63) is 35.4 Å². The fourth-order valence-corrected chi connectivity index (χ4v) is 1.26.